The lowest BCUT2D eigenvalue weighted by Crippen LogP contribution is -2.41. The van der Waals surface area contributed by atoms with Gasteiger partial charge in [-0.1, -0.05) is 99.9 Å². The Morgan fingerprint density at radius 3 is 1.78 bits per heavy atom. The van der Waals surface area contributed by atoms with Crippen molar-refractivity contribution < 1.29 is 9.90 Å². The SMILES string of the molecule is CCCCCCCCCCCCCC[C@H](O)[C@H](C)NC(=O)CBr. The first-order valence-electron chi connectivity index (χ1n) is 9.65. The van der Waals surface area contributed by atoms with Crippen LogP contribution in [0.15, 0.2) is 0 Å². The van der Waals surface area contributed by atoms with Crippen LogP contribution in [0.2, 0.25) is 0 Å². The maximum Gasteiger partial charge on any atom is 0.230 e. The molecule has 2 atom stereocenters. The third-order valence-corrected chi connectivity index (χ3v) is 4.95. The van der Waals surface area contributed by atoms with Crippen LogP contribution in [0.5, 0.6) is 0 Å². The third kappa shape index (κ3) is 15.2. The van der Waals surface area contributed by atoms with Crippen molar-refractivity contribution in [3.05, 3.63) is 0 Å². The highest BCUT2D eigenvalue weighted by molar-refractivity contribution is 9.09. The van der Waals surface area contributed by atoms with E-state index in [1.165, 1.54) is 70.6 Å². The van der Waals surface area contributed by atoms with Crippen LogP contribution >= 0.6 is 15.9 Å². The summed E-state index contributed by atoms with van der Waals surface area (Å²) in [6.07, 6.45) is 16.3. The third-order valence-electron chi connectivity index (χ3n) is 4.44. The second kappa shape index (κ2) is 16.8. The van der Waals surface area contributed by atoms with Gasteiger partial charge in [0.05, 0.1) is 17.5 Å². The molecule has 0 aromatic carbocycles. The Hall–Kier alpha value is -0.0900. The zero-order chi connectivity index (χ0) is 17.3. The number of unbranched alkanes of at least 4 members (excludes halogenated alkanes) is 11. The van der Waals surface area contributed by atoms with Crippen LogP contribution < -0.4 is 5.32 Å². The molecule has 0 bridgehead atoms. The Kier molecular flexibility index (Phi) is 16.7. The van der Waals surface area contributed by atoms with Crippen LogP contribution in [0.1, 0.15) is 97.3 Å². The van der Waals surface area contributed by atoms with Gasteiger partial charge in [0, 0.05) is 0 Å². The van der Waals surface area contributed by atoms with Gasteiger partial charge < -0.3 is 10.4 Å². The molecule has 1 amide bonds. The molecule has 0 aromatic rings. The van der Waals surface area contributed by atoms with E-state index in [2.05, 4.69) is 28.2 Å². The van der Waals surface area contributed by atoms with Crippen LogP contribution in [-0.2, 0) is 4.79 Å². The van der Waals surface area contributed by atoms with Crippen molar-refractivity contribution in [3.8, 4) is 0 Å². The van der Waals surface area contributed by atoms with Crippen molar-refractivity contribution in [2.45, 2.75) is 109 Å². The average molecular weight is 392 g/mol. The molecule has 0 rings (SSSR count). The predicted octanol–water partition coefficient (Wildman–Crippen LogP) is 5.34. The number of aliphatic hydroxyl groups is 1. The van der Waals surface area contributed by atoms with E-state index >= 15 is 0 Å². The first kappa shape index (κ1) is 22.9. The molecule has 2 N–H and O–H groups in total. The van der Waals surface area contributed by atoms with Gasteiger partial charge in [0.2, 0.25) is 5.91 Å². The molecule has 0 unspecified atom stereocenters. The maximum absolute atomic E-state index is 11.2. The number of hydrogen-bond acceptors (Lipinski definition) is 2. The average Bonchev–Trinajstić information content (AvgIpc) is 2.55. The molecule has 0 aliphatic rings. The van der Waals surface area contributed by atoms with Crippen LogP contribution in [0.25, 0.3) is 0 Å². The van der Waals surface area contributed by atoms with E-state index in [1.807, 2.05) is 6.92 Å². The van der Waals surface area contributed by atoms with Gasteiger partial charge in [-0.2, -0.15) is 0 Å². The molecule has 4 heteroatoms. The number of rotatable bonds is 16. The molecule has 0 fully saturated rings. The van der Waals surface area contributed by atoms with Crippen molar-refractivity contribution >= 4 is 21.8 Å². The molecule has 0 aliphatic carbocycles. The van der Waals surface area contributed by atoms with Crippen molar-refractivity contribution in [1.29, 1.82) is 0 Å². The van der Waals surface area contributed by atoms with Gasteiger partial charge in [-0.15, -0.1) is 0 Å². The van der Waals surface area contributed by atoms with Gasteiger partial charge in [-0.05, 0) is 13.3 Å². The molecule has 0 aromatic heterocycles. The zero-order valence-corrected chi connectivity index (χ0v) is 16.9. The van der Waals surface area contributed by atoms with E-state index in [9.17, 15) is 9.90 Å². The molecule has 138 valence electrons. The topological polar surface area (TPSA) is 49.3 Å². The largest absolute Gasteiger partial charge is 0.391 e. The van der Waals surface area contributed by atoms with Crippen LogP contribution in [0.4, 0.5) is 0 Å². The lowest BCUT2D eigenvalue weighted by atomic mass is 10.0. The Morgan fingerprint density at radius 2 is 1.35 bits per heavy atom. The smallest absolute Gasteiger partial charge is 0.230 e. The fraction of sp³-hybridized carbons (Fsp3) is 0.947. The summed E-state index contributed by atoms with van der Waals surface area (Å²) in [4.78, 5) is 11.2. The zero-order valence-electron chi connectivity index (χ0n) is 15.3. The van der Waals surface area contributed by atoms with E-state index in [0.717, 1.165) is 12.8 Å². The van der Waals surface area contributed by atoms with E-state index < -0.39 is 6.10 Å². The molecular formula is C19H38BrNO2. The first-order valence-corrected chi connectivity index (χ1v) is 10.8. The number of hydrogen-bond donors (Lipinski definition) is 2. The maximum atomic E-state index is 11.2. The number of carbonyl (C=O) groups is 1. The standard InChI is InChI=1S/C19H38BrNO2/c1-3-4-5-6-7-8-9-10-11-12-13-14-15-18(22)17(2)21-19(23)16-20/h17-18,22H,3-16H2,1-2H3,(H,21,23)/t17-,18-/m0/s1. The minimum Gasteiger partial charge on any atom is -0.391 e. The van der Waals surface area contributed by atoms with Gasteiger partial charge in [0.1, 0.15) is 0 Å². The molecule has 3 nitrogen and oxygen atoms in total. The van der Waals surface area contributed by atoms with Crippen molar-refractivity contribution in [3.63, 3.8) is 0 Å². The minimum absolute atomic E-state index is 0.0637. The van der Waals surface area contributed by atoms with Crippen LogP contribution in [-0.4, -0.2) is 28.5 Å². The fourth-order valence-electron chi connectivity index (χ4n) is 2.83. The van der Waals surface area contributed by atoms with E-state index in [-0.39, 0.29) is 11.9 Å². The highest BCUT2D eigenvalue weighted by atomic mass is 79.9. The lowest BCUT2D eigenvalue weighted by molar-refractivity contribution is -0.119. The van der Waals surface area contributed by atoms with Gasteiger partial charge in [0.25, 0.3) is 0 Å². The number of amides is 1. The number of aliphatic hydroxyl groups excluding tert-OH is 1. The van der Waals surface area contributed by atoms with Gasteiger partial charge >= 0.3 is 0 Å². The highest BCUT2D eigenvalue weighted by Crippen LogP contribution is 2.13. The Labute approximate surface area is 152 Å². The van der Waals surface area contributed by atoms with E-state index in [4.69, 9.17) is 0 Å². The molecule has 0 spiro atoms. The summed E-state index contributed by atoms with van der Waals surface area (Å²) in [7, 11) is 0. The van der Waals surface area contributed by atoms with E-state index in [1.54, 1.807) is 0 Å². The van der Waals surface area contributed by atoms with Gasteiger partial charge in [0.15, 0.2) is 0 Å². The number of nitrogens with one attached hydrogen (secondary N) is 1. The quantitative estimate of drug-likeness (QED) is 0.275. The molecular weight excluding hydrogens is 354 g/mol. The molecule has 0 radical (unpaired) electrons. The van der Waals surface area contributed by atoms with Crippen LogP contribution in [0.3, 0.4) is 0 Å². The summed E-state index contributed by atoms with van der Waals surface area (Å²) >= 11 is 3.11. The summed E-state index contributed by atoms with van der Waals surface area (Å²) in [5.41, 5.74) is 0. The summed E-state index contributed by atoms with van der Waals surface area (Å²) < 4.78 is 0. The molecule has 23 heavy (non-hydrogen) atoms. The number of halogens is 1. The van der Waals surface area contributed by atoms with E-state index in [0.29, 0.717) is 5.33 Å². The summed E-state index contributed by atoms with van der Waals surface area (Å²) in [6.45, 7) is 4.13. The van der Waals surface area contributed by atoms with Gasteiger partial charge in [-0.3, -0.25) is 4.79 Å². The normalized spacial score (nSPS) is 13.7. The lowest BCUT2D eigenvalue weighted by Gasteiger charge is -2.19. The summed E-state index contributed by atoms with van der Waals surface area (Å²) in [6, 6.07) is -0.159. The second-order valence-electron chi connectivity index (χ2n) is 6.73. The van der Waals surface area contributed by atoms with Crippen molar-refractivity contribution in [2.24, 2.45) is 0 Å². The Bertz CT molecular complexity index is 274. The molecule has 0 heterocycles. The van der Waals surface area contributed by atoms with Crippen LogP contribution in [0, 0.1) is 0 Å². The first-order chi connectivity index (χ1) is 11.1. The molecule has 0 saturated carbocycles. The Morgan fingerprint density at radius 1 is 0.913 bits per heavy atom. The highest BCUT2D eigenvalue weighted by Gasteiger charge is 2.15. The fourth-order valence-corrected chi connectivity index (χ4v) is 3.00. The van der Waals surface area contributed by atoms with Crippen molar-refractivity contribution in [2.75, 3.05) is 5.33 Å². The predicted molar refractivity (Wildman–Crippen MR) is 103 cm³/mol. The van der Waals surface area contributed by atoms with Crippen molar-refractivity contribution in [1.82, 2.24) is 5.32 Å². The number of alkyl halides is 1. The summed E-state index contributed by atoms with van der Waals surface area (Å²) in [5, 5.41) is 13.1. The molecule has 0 saturated heterocycles. The minimum atomic E-state index is -0.430. The molecule has 0 aliphatic heterocycles. The monoisotopic (exact) mass is 391 g/mol. The van der Waals surface area contributed by atoms with Gasteiger partial charge in [-0.25, -0.2) is 0 Å². The summed E-state index contributed by atoms with van der Waals surface area (Å²) in [5.74, 6) is -0.0637. The second-order valence-corrected chi connectivity index (χ2v) is 7.30. The Balaban J connectivity index is 3.30. The number of carbonyl (C=O) groups excluding carboxylic acids is 1.